The topological polar surface area (TPSA) is 87.2 Å². The van der Waals surface area contributed by atoms with E-state index in [2.05, 4.69) is 27.8 Å². The van der Waals surface area contributed by atoms with Gasteiger partial charge in [0.15, 0.2) is 0 Å². The van der Waals surface area contributed by atoms with Gasteiger partial charge in [-0.3, -0.25) is 4.79 Å². The van der Waals surface area contributed by atoms with E-state index in [0.29, 0.717) is 24.8 Å². The van der Waals surface area contributed by atoms with Crippen molar-refractivity contribution in [2.75, 3.05) is 25.0 Å². The molecule has 2 N–H and O–H groups in total. The first kappa shape index (κ1) is 23.4. The van der Waals surface area contributed by atoms with Crippen LogP contribution in [0.4, 0.5) is 9.93 Å². The summed E-state index contributed by atoms with van der Waals surface area (Å²) in [7, 11) is 0. The van der Waals surface area contributed by atoms with Crippen LogP contribution >= 0.6 is 11.3 Å². The van der Waals surface area contributed by atoms with Gasteiger partial charge in [0.25, 0.3) is 0 Å². The van der Waals surface area contributed by atoms with Gasteiger partial charge >= 0.3 is 6.03 Å². The van der Waals surface area contributed by atoms with Crippen molar-refractivity contribution in [2.45, 2.75) is 32.6 Å². The second kappa shape index (κ2) is 12.6. The number of rotatable bonds is 11. The molecule has 3 aromatic rings. The summed E-state index contributed by atoms with van der Waals surface area (Å²) >= 11 is 1.33. The van der Waals surface area contributed by atoms with E-state index in [1.54, 1.807) is 4.90 Å². The van der Waals surface area contributed by atoms with Crippen molar-refractivity contribution in [3.8, 4) is 10.6 Å². The minimum Gasteiger partial charge on any atom is -0.338 e. The summed E-state index contributed by atoms with van der Waals surface area (Å²) in [6, 6.07) is 19.6. The Morgan fingerprint density at radius 1 is 0.969 bits per heavy atom. The molecule has 8 heteroatoms. The number of anilines is 1. The van der Waals surface area contributed by atoms with E-state index in [0.717, 1.165) is 35.4 Å². The average molecular weight is 452 g/mol. The molecule has 3 rings (SSSR count). The van der Waals surface area contributed by atoms with Crippen LogP contribution in [0.3, 0.4) is 0 Å². The molecule has 0 unspecified atom stereocenters. The zero-order valence-electron chi connectivity index (χ0n) is 18.3. The fraction of sp³-hybridized carbons (Fsp3) is 0.333. The lowest BCUT2D eigenvalue weighted by Crippen LogP contribution is -2.42. The molecule has 0 saturated heterocycles. The highest BCUT2D eigenvalue weighted by Gasteiger charge is 2.16. The molecule has 0 aliphatic rings. The second-order valence-electron chi connectivity index (χ2n) is 7.38. The second-order valence-corrected chi connectivity index (χ2v) is 8.36. The third-order valence-electron chi connectivity index (χ3n) is 4.91. The van der Waals surface area contributed by atoms with Crippen LogP contribution in [0.15, 0.2) is 60.7 Å². The van der Waals surface area contributed by atoms with Crippen molar-refractivity contribution in [3.63, 3.8) is 0 Å². The third kappa shape index (κ3) is 7.46. The molecular weight excluding hydrogens is 422 g/mol. The first-order valence-corrected chi connectivity index (χ1v) is 11.7. The maximum absolute atomic E-state index is 12.6. The third-order valence-corrected chi connectivity index (χ3v) is 5.80. The van der Waals surface area contributed by atoms with Crippen LogP contribution in [0.2, 0.25) is 0 Å². The number of carbonyl (C=O) groups is 2. The molecule has 3 amide bonds. The number of unbranched alkanes of at least 4 members (excludes halogenated alkanes) is 1. The van der Waals surface area contributed by atoms with Crippen molar-refractivity contribution in [1.82, 2.24) is 20.4 Å². The van der Waals surface area contributed by atoms with Gasteiger partial charge in [-0.1, -0.05) is 85.3 Å². The van der Waals surface area contributed by atoms with Gasteiger partial charge in [-0.05, 0) is 18.4 Å². The van der Waals surface area contributed by atoms with Gasteiger partial charge < -0.3 is 15.5 Å². The van der Waals surface area contributed by atoms with Gasteiger partial charge in [0.05, 0.1) is 0 Å². The molecule has 1 heterocycles. The number of carbonyl (C=O) groups excluding carboxylic acids is 2. The first-order valence-electron chi connectivity index (χ1n) is 10.9. The van der Waals surface area contributed by atoms with Crippen molar-refractivity contribution in [1.29, 1.82) is 0 Å². The first-order chi connectivity index (χ1) is 15.7. The fourth-order valence-electron chi connectivity index (χ4n) is 3.10. The van der Waals surface area contributed by atoms with Crippen molar-refractivity contribution in [3.05, 3.63) is 66.2 Å². The number of hydrogen-bond donors (Lipinski definition) is 2. The molecule has 2 aromatic carbocycles. The maximum Gasteiger partial charge on any atom is 0.317 e. The Morgan fingerprint density at radius 2 is 1.69 bits per heavy atom. The Hall–Kier alpha value is -3.26. The molecule has 1 aromatic heterocycles. The molecule has 0 radical (unpaired) electrons. The Kier molecular flexibility index (Phi) is 9.19. The highest BCUT2D eigenvalue weighted by Crippen LogP contribution is 2.25. The van der Waals surface area contributed by atoms with Crippen LogP contribution < -0.4 is 10.6 Å². The van der Waals surface area contributed by atoms with Crippen molar-refractivity contribution in [2.24, 2.45) is 0 Å². The molecule has 0 bridgehead atoms. The van der Waals surface area contributed by atoms with Gasteiger partial charge in [0.1, 0.15) is 5.01 Å². The molecule has 168 valence electrons. The molecule has 0 atom stereocenters. The lowest BCUT2D eigenvalue weighted by atomic mass is 10.1. The Bertz CT molecular complexity index is 978. The number of nitrogens with one attached hydrogen (secondary N) is 2. The smallest absolute Gasteiger partial charge is 0.317 e. The normalized spacial score (nSPS) is 10.5. The van der Waals surface area contributed by atoms with Crippen LogP contribution in [0.1, 0.15) is 31.7 Å². The predicted molar refractivity (Wildman–Crippen MR) is 129 cm³/mol. The van der Waals surface area contributed by atoms with Crippen LogP contribution in [-0.4, -0.2) is 46.7 Å². The molecule has 0 saturated carbocycles. The van der Waals surface area contributed by atoms with Gasteiger partial charge in [-0.25, -0.2) is 4.79 Å². The van der Waals surface area contributed by atoms with Gasteiger partial charge in [0, 0.05) is 31.6 Å². The van der Waals surface area contributed by atoms with Crippen LogP contribution in [0, 0.1) is 0 Å². The van der Waals surface area contributed by atoms with Gasteiger partial charge in [-0.2, -0.15) is 0 Å². The number of amides is 3. The summed E-state index contributed by atoms with van der Waals surface area (Å²) in [5.41, 5.74) is 2.12. The number of benzene rings is 2. The quantitative estimate of drug-likeness (QED) is 0.418. The SMILES string of the molecule is CCCCNC(=O)N(CCC(=O)Nc1nnc(-c2ccccc2)s1)CCc1ccccc1. The summed E-state index contributed by atoms with van der Waals surface area (Å²) < 4.78 is 0. The van der Waals surface area contributed by atoms with E-state index in [1.807, 2.05) is 60.7 Å². The average Bonchev–Trinajstić information content (AvgIpc) is 3.29. The van der Waals surface area contributed by atoms with Crippen molar-refractivity contribution < 1.29 is 9.59 Å². The zero-order valence-corrected chi connectivity index (χ0v) is 19.1. The van der Waals surface area contributed by atoms with E-state index >= 15 is 0 Å². The molecule has 0 aliphatic heterocycles. The van der Waals surface area contributed by atoms with E-state index in [1.165, 1.54) is 11.3 Å². The number of urea groups is 1. The van der Waals surface area contributed by atoms with Crippen LogP contribution in [0.25, 0.3) is 10.6 Å². The highest BCUT2D eigenvalue weighted by molar-refractivity contribution is 7.18. The molecule has 0 aliphatic carbocycles. The highest BCUT2D eigenvalue weighted by atomic mass is 32.1. The lowest BCUT2D eigenvalue weighted by Gasteiger charge is -2.23. The summed E-state index contributed by atoms with van der Waals surface area (Å²) in [6.45, 7) is 3.60. The minimum atomic E-state index is -0.188. The van der Waals surface area contributed by atoms with Gasteiger partial charge in [0.2, 0.25) is 11.0 Å². The zero-order chi connectivity index (χ0) is 22.6. The number of hydrogen-bond acceptors (Lipinski definition) is 5. The molecule has 0 fully saturated rings. The largest absolute Gasteiger partial charge is 0.338 e. The van der Waals surface area contributed by atoms with Gasteiger partial charge in [-0.15, -0.1) is 10.2 Å². The number of aromatic nitrogens is 2. The van der Waals surface area contributed by atoms with E-state index in [9.17, 15) is 9.59 Å². The van der Waals surface area contributed by atoms with E-state index in [4.69, 9.17) is 0 Å². The Morgan fingerprint density at radius 3 is 2.41 bits per heavy atom. The predicted octanol–water partition coefficient (Wildman–Crippen LogP) is 4.59. The fourth-order valence-corrected chi connectivity index (χ4v) is 3.86. The summed E-state index contributed by atoms with van der Waals surface area (Å²) in [5, 5.41) is 15.2. The van der Waals surface area contributed by atoms with Crippen LogP contribution in [0.5, 0.6) is 0 Å². The maximum atomic E-state index is 12.6. The van der Waals surface area contributed by atoms with Crippen LogP contribution in [-0.2, 0) is 11.2 Å². The summed E-state index contributed by atoms with van der Waals surface area (Å²) in [5.74, 6) is -0.188. The molecular formula is C24H29N5O2S. The number of nitrogens with zero attached hydrogens (tertiary/aromatic N) is 3. The monoisotopic (exact) mass is 451 g/mol. The molecule has 0 spiro atoms. The van der Waals surface area contributed by atoms with Crippen molar-refractivity contribution >= 4 is 28.4 Å². The summed E-state index contributed by atoms with van der Waals surface area (Å²) in [6.07, 6.45) is 2.87. The Labute approximate surface area is 192 Å². The molecule has 7 nitrogen and oxygen atoms in total. The molecule has 32 heavy (non-hydrogen) atoms. The van der Waals surface area contributed by atoms with E-state index < -0.39 is 0 Å². The van der Waals surface area contributed by atoms with E-state index in [-0.39, 0.29) is 18.4 Å². The Balaban J connectivity index is 1.53. The lowest BCUT2D eigenvalue weighted by molar-refractivity contribution is -0.116. The summed E-state index contributed by atoms with van der Waals surface area (Å²) in [4.78, 5) is 26.8. The standard InChI is InChI=1S/C24H29N5O2S/c1-2-3-16-25-24(31)29(17-14-19-10-6-4-7-11-19)18-15-21(30)26-23-28-27-22(32-23)20-12-8-5-9-13-20/h4-13H,2-3,14-18H2,1H3,(H,25,31)(H,26,28,30). The minimum absolute atomic E-state index is 0.135.